The molecular weight excluding hydrogens is 236 g/mol. The molecule has 2 atom stereocenters. The van der Waals surface area contributed by atoms with Gasteiger partial charge in [-0.3, -0.25) is 4.79 Å². The normalized spacial score (nSPS) is 29.4. The van der Waals surface area contributed by atoms with Gasteiger partial charge in [-0.1, -0.05) is 29.8 Å². The van der Waals surface area contributed by atoms with E-state index in [2.05, 4.69) is 5.32 Å². The number of halogens is 1. The minimum Gasteiger partial charge on any atom is -0.315 e. The molecule has 1 saturated carbocycles. The smallest absolute Gasteiger partial charge is 0.174 e. The average Bonchev–Trinajstić information content (AvgIpc) is 2.33. The second-order valence-electron chi connectivity index (χ2n) is 4.55. The molecule has 0 aliphatic heterocycles. The topological polar surface area (TPSA) is 55.1 Å². The lowest BCUT2D eigenvalue weighted by Gasteiger charge is -2.37. The molecule has 1 aromatic rings. The maximum atomic E-state index is 12.4. The summed E-state index contributed by atoms with van der Waals surface area (Å²) < 4.78 is 0. The maximum Gasteiger partial charge on any atom is 0.174 e. The lowest BCUT2D eigenvalue weighted by Crippen LogP contribution is -2.56. The Morgan fingerprint density at radius 3 is 2.82 bits per heavy atom. The van der Waals surface area contributed by atoms with Crippen molar-refractivity contribution in [3.05, 3.63) is 34.9 Å². The Balaban J connectivity index is 2.41. The van der Waals surface area contributed by atoms with Crippen LogP contribution in [0.3, 0.4) is 0 Å². The summed E-state index contributed by atoms with van der Waals surface area (Å²) >= 11 is 6.15. The van der Waals surface area contributed by atoms with Crippen LogP contribution in [0.4, 0.5) is 0 Å². The molecule has 1 aliphatic rings. The molecule has 0 heterocycles. The van der Waals surface area contributed by atoms with Crippen LogP contribution in [-0.2, 0) is 10.3 Å². The third-order valence-corrected chi connectivity index (χ3v) is 3.85. The van der Waals surface area contributed by atoms with E-state index in [0.717, 1.165) is 18.4 Å². The van der Waals surface area contributed by atoms with Gasteiger partial charge in [0.2, 0.25) is 0 Å². The van der Waals surface area contributed by atoms with Crippen molar-refractivity contribution in [2.45, 2.75) is 30.8 Å². The summed E-state index contributed by atoms with van der Waals surface area (Å²) in [6.07, 6.45) is 2.44. The zero-order valence-electron chi connectivity index (χ0n) is 9.87. The summed E-state index contributed by atoms with van der Waals surface area (Å²) in [5.74, 6) is 0.0411. The second kappa shape index (κ2) is 4.77. The number of likely N-dealkylation sites (N-methyl/N-ethyl adjacent to an activating group) is 1. The van der Waals surface area contributed by atoms with Gasteiger partial charge in [0, 0.05) is 5.02 Å². The van der Waals surface area contributed by atoms with Gasteiger partial charge in [-0.05, 0) is 37.9 Å². The first-order chi connectivity index (χ1) is 8.09. The summed E-state index contributed by atoms with van der Waals surface area (Å²) in [4.78, 5) is 12.4. The first-order valence-electron chi connectivity index (χ1n) is 5.85. The summed E-state index contributed by atoms with van der Waals surface area (Å²) in [6.45, 7) is 0. The summed E-state index contributed by atoms with van der Waals surface area (Å²) in [7, 11) is 1.79. The molecule has 2 unspecified atom stereocenters. The number of hydrogen-bond acceptors (Lipinski definition) is 3. The van der Waals surface area contributed by atoms with Crippen LogP contribution >= 0.6 is 11.6 Å². The Labute approximate surface area is 106 Å². The van der Waals surface area contributed by atoms with Gasteiger partial charge >= 0.3 is 0 Å². The van der Waals surface area contributed by atoms with Gasteiger partial charge in [-0.15, -0.1) is 0 Å². The second-order valence-corrected chi connectivity index (χ2v) is 4.96. The predicted molar refractivity (Wildman–Crippen MR) is 69.0 cm³/mol. The average molecular weight is 253 g/mol. The number of carbonyl (C=O) groups excluding carboxylic acids is 1. The van der Waals surface area contributed by atoms with E-state index >= 15 is 0 Å². The van der Waals surface area contributed by atoms with E-state index in [1.807, 2.05) is 18.2 Å². The van der Waals surface area contributed by atoms with Gasteiger partial charge < -0.3 is 11.1 Å². The first kappa shape index (κ1) is 12.6. The Kier molecular flexibility index (Phi) is 3.52. The van der Waals surface area contributed by atoms with Crippen molar-refractivity contribution >= 4 is 17.4 Å². The van der Waals surface area contributed by atoms with Gasteiger partial charge in [0.1, 0.15) is 5.54 Å². The standard InChI is InChI=1S/C13H17ClN2O/c1-16-11-7-4-8-13(15,12(11)17)9-5-2-3-6-10(9)14/h2-3,5-6,11,16H,4,7-8,15H2,1H3. The molecule has 17 heavy (non-hydrogen) atoms. The van der Waals surface area contributed by atoms with E-state index in [9.17, 15) is 4.79 Å². The first-order valence-corrected chi connectivity index (χ1v) is 6.23. The Morgan fingerprint density at radius 1 is 1.47 bits per heavy atom. The van der Waals surface area contributed by atoms with E-state index in [-0.39, 0.29) is 11.8 Å². The molecule has 3 nitrogen and oxygen atoms in total. The van der Waals surface area contributed by atoms with Gasteiger partial charge in [0.15, 0.2) is 5.78 Å². The van der Waals surface area contributed by atoms with Gasteiger partial charge in [-0.25, -0.2) is 0 Å². The van der Waals surface area contributed by atoms with Crippen molar-refractivity contribution in [1.82, 2.24) is 5.32 Å². The van der Waals surface area contributed by atoms with Crippen LogP contribution in [0.5, 0.6) is 0 Å². The molecule has 4 heteroatoms. The van der Waals surface area contributed by atoms with E-state index < -0.39 is 5.54 Å². The number of rotatable bonds is 2. The molecule has 2 rings (SSSR count). The Morgan fingerprint density at radius 2 is 2.18 bits per heavy atom. The highest BCUT2D eigenvalue weighted by molar-refractivity contribution is 6.31. The van der Waals surface area contributed by atoms with Crippen LogP contribution in [0, 0.1) is 0 Å². The van der Waals surface area contributed by atoms with Crippen LogP contribution in [0.2, 0.25) is 5.02 Å². The summed E-state index contributed by atoms with van der Waals surface area (Å²) in [5, 5.41) is 3.59. The van der Waals surface area contributed by atoms with E-state index in [4.69, 9.17) is 17.3 Å². The number of Topliss-reactive ketones (excluding diaryl/α,β-unsaturated/α-hetero) is 1. The number of nitrogens with two attached hydrogens (primary N) is 1. The molecule has 0 aromatic heterocycles. The molecule has 0 amide bonds. The van der Waals surface area contributed by atoms with E-state index in [1.54, 1.807) is 13.1 Å². The van der Waals surface area contributed by atoms with Gasteiger partial charge in [-0.2, -0.15) is 0 Å². The molecule has 0 saturated heterocycles. The number of ketones is 1. The van der Waals surface area contributed by atoms with Crippen LogP contribution in [0.15, 0.2) is 24.3 Å². The monoisotopic (exact) mass is 252 g/mol. The van der Waals surface area contributed by atoms with Crippen molar-refractivity contribution in [2.24, 2.45) is 5.73 Å². The van der Waals surface area contributed by atoms with Crippen molar-refractivity contribution in [1.29, 1.82) is 0 Å². The molecule has 1 aliphatic carbocycles. The van der Waals surface area contributed by atoms with Gasteiger partial charge in [0.05, 0.1) is 6.04 Å². The highest BCUT2D eigenvalue weighted by Gasteiger charge is 2.43. The quantitative estimate of drug-likeness (QED) is 0.845. The van der Waals surface area contributed by atoms with E-state index in [1.165, 1.54) is 0 Å². The molecule has 0 bridgehead atoms. The number of hydrogen-bond donors (Lipinski definition) is 2. The zero-order chi connectivity index (χ0) is 12.5. The predicted octanol–water partition coefficient (Wildman–Crippen LogP) is 1.83. The SMILES string of the molecule is CNC1CCCC(N)(c2ccccc2Cl)C1=O. The molecule has 1 aromatic carbocycles. The third-order valence-electron chi connectivity index (χ3n) is 3.52. The molecule has 0 spiro atoms. The van der Waals surface area contributed by atoms with Crippen molar-refractivity contribution in [2.75, 3.05) is 7.05 Å². The lowest BCUT2D eigenvalue weighted by atomic mass is 9.74. The number of nitrogens with one attached hydrogen (secondary N) is 1. The minimum absolute atomic E-state index is 0.0411. The van der Waals surface area contributed by atoms with Crippen molar-refractivity contribution in [3.63, 3.8) is 0 Å². The van der Waals surface area contributed by atoms with E-state index in [0.29, 0.717) is 11.4 Å². The fourth-order valence-corrected chi connectivity index (χ4v) is 2.82. The molecule has 0 radical (unpaired) electrons. The van der Waals surface area contributed by atoms with Crippen LogP contribution in [-0.4, -0.2) is 18.9 Å². The van der Waals surface area contributed by atoms with Crippen LogP contribution in [0.1, 0.15) is 24.8 Å². The van der Waals surface area contributed by atoms with Crippen LogP contribution in [0.25, 0.3) is 0 Å². The zero-order valence-corrected chi connectivity index (χ0v) is 10.6. The largest absolute Gasteiger partial charge is 0.315 e. The summed E-state index contributed by atoms with van der Waals surface area (Å²) in [5.41, 5.74) is 6.12. The van der Waals surface area contributed by atoms with Crippen molar-refractivity contribution < 1.29 is 4.79 Å². The highest BCUT2D eigenvalue weighted by Crippen LogP contribution is 2.35. The fourth-order valence-electron chi connectivity index (χ4n) is 2.52. The third kappa shape index (κ3) is 2.10. The molecule has 3 N–H and O–H groups in total. The Hall–Kier alpha value is -0.900. The summed E-state index contributed by atoms with van der Waals surface area (Å²) in [6, 6.07) is 7.18. The van der Waals surface area contributed by atoms with Crippen LogP contribution < -0.4 is 11.1 Å². The maximum absolute atomic E-state index is 12.4. The molecule has 92 valence electrons. The van der Waals surface area contributed by atoms with Crippen molar-refractivity contribution in [3.8, 4) is 0 Å². The molecular formula is C13H17ClN2O. The Bertz CT molecular complexity index is 435. The minimum atomic E-state index is -0.940. The van der Waals surface area contributed by atoms with Gasteiger partial charge in [0.25, 0.3) is 0 Å². The molecule has 1 fully saturated rings. The fraction of sp³-hybridized carbons (Fsp3) is 0.462. The lowest BCUT2D eigenvalue weighted by molar-refractivity contribution is -0.128. The highest BCUT2D eigenvalue weighted by atomic mass is 35.5. The number of carbonyl (C=O) groups is 1. The number of benzene rings is 1.